The summed E-state index contributed by atoms with van der Waals surface area (Å²) in [7, 11) is -3.96. The minimum absolute atomic E-state index is 0.175. The van der Waals surface area contributed by atoms with E-state index < -0.39 is 26.8 Å². The van der Waals surface area contributed by atoms with Crippen molar-refractivity contribution in [2.45, 2.75) is 17.4 Å². The first-order chi connectivity index (χ1) is 9.99. The Labute approximate surface area is 123 Å². The Hall–Kier alpha value is -1.76. The summed E-state index contributed by atoms with van der Waals surface area (Å²) >= 11 is 0. The minimum atomic E-state index is -3.96. The van der Waals surface area contributed by atoms with Crippen LogP contribution in [0.15, 0.2) is 59.5 Å². The van der Waals surface area contributed by atoms with Crippen LogP contribution in [-0.4, -0.2) is 26.2 Å². The number of hydrogen-bond acceptors (Lipinski definition) is 3. The van der Waals surface area contributed by atoms with Crippen LogP contribution in [0.4, 0.5) is 4.39 Å². The highest BCUT2D eigenvalue weighted by atomic mass is 32.2. The molecule has 0 aromatic heterocycles. The first-order valence-electron chi connectivity index (χ1n) is 6.45. The molecule has 0 unspecified atom stereocenters. The first kappa shape index (κ1) is 15.6. The van der Waals surface area contributed by atoms with Gasteiger partial charge in [0.05, 0.1) is 6.10 Å². The second-order valence-electron chi connectivity index (χ2n) is 4.63. The van der Waals surface area contributed by atoms with E-state index in [1.165, 1.54) is 18.2 Å². The van der Waals surface area contributed by atoms with E-state index in [0.29, 0.717) is 6.42 Å². The monoisotopic (exact) mass is 309 g/mol. The second-order valence-corrected chi connectivity index (χ2v) is 6.36. The summed E-state index contributed by atoms with van der Waals surface area (Å²) in [5.41, 5.74) is 0.898. The zero-order valence-electron chi connectivity index (χ0n) is 11.2. The molecule has 4 nitrogen and oxygen atoms in total. The molecule has 0 amide bonds. The van der Waals surface area contributed by atoms with E-state index in [0.717, 1.165) is 11.6 Å². The van der Waals surface area contributed by atoms with Crippen molar-refractivity contribution in [3.63, 3.8) is 0 Å². The van der Waals surface area contributed by atoms with Crippen LogP contribution < -0.4 is 4.72 Å². The van der Waals surface area contributed by atoms with Gasteiger partial charge in [0.2, 0.25) is 10.0 Å². The maximum atomic E-state index is 13.5. The van der Waals surface area contributed by atoms with Gasteiger partial charge in [0, 0.05) is 6.54 Å². The number of benzene rings is 2. The third kappa shape index (κ3) is 4.35. The molecule has 0 saturated heterocycles. The lowest BCUT2D eigenvalue weighted by molar-refractivity contribution is 0.179. The summed E-state index contributed by atoms with van der Waals surface area (Å²) in [6.07, 6.45) is -0.561. The molecule has 1 atom stereocenters. The van der Waals surface area contributed by atoms with Crippen LogP contribution in [0.5, 0.6) is 0 Å². The molecule has 0 aliphatic carbocycles. The number of aliphatic hydroxyl groups excluding tert-OH is 1. The Morgan fingerprint density at radius 3 is 2.33 bits per heavy atom. The highest BCUT2D eigenvalue weighted by Gasteiger charge is 2.19. The average Bonchev–Trinajstić information content (AvgIpc) is 2.47. The highest BCUT2D eigenvalue weighted by molar-refractivity contribution is 7.89. The summed E-state index contributed by atoms with van der Waals surface area (Å²) in [6.45, 7) is -0.175. The van der Waals surface area contributed by atoms with Crippen LogP contribution in [0.25, 0.3) is 0 Å². The van der Waals surface area contributed by atoms with Gasteiger partial charge in [0.1, 0.15) is 10.7 Å². The molecular weight excluding hydrogens is 293 g/mol. The summed E-state index contributed by atoms with van der Waals surface area (Å²) in [6, 6.07) is 14.3. The summed E-state index contributed by atoms with van der Waals surface area (Å²) in [5.74, 6) is -0.817. The van der Waals surface area contributed by atoms with Gasteiger partial charge >= 0.3 is 0 Å². The molecule has 0 radical (unpaired) electrons. The van der Waals surface area contributed by atoms with Crippen molar-refractivity contribution in [3.05, 3.63) is 66.0 Å². The van der Waals surface area contributed by atoms with Crippen LogP contribution in [0.3, 0.4) is 0 Å². The summed E-state index contributed by atoms with van der Waals surface area (Å²) in [5, 5.41) is 9.86. The predicted molar refractivity (Wildman–Crippen MR) is 77.7 cm³/mol. The fraction of sp³-hybridized carbons (Fsp3) is 0.200. The third-order valence-electron chi connectivity index (χ3n) is 2.95. The molecule has 2 aromatic rings. The number of sulfonamides is 1. The van der Waals surface area contributed by atoms with Gasteiger partial charge in [-0.15, -0.1) is 0 Å². The van der Waals surface area contributed by atoms with E-state index in [1.54, 1.807) is 0 Å². The van der Waals surface area contributed by atoms with Gasteiger partial charge in [-0.25, -0.2) is 17.5 Å². The van der Waals surface area contributed by atoms with Gasteiger partial charge in [0.25, 0.3) is 0 Å². The maximum absolute atomic E-state index is 13.5. The fourth-order valence-corrected chi connectivity index (χ4v) is 3.05. The van der Waals surface area contributed by atoms with Gasteiger partial charge in [0.15, 0.2) is 0 Å². The molecule has 21 heavy (non-hydrogen) atoms. The van der Waals surface area contributed by atoms with Gasteiger partial charge in [-0.2, -0.15) is 0 Å². The number of halogens is 1. The molecule has 2 rings (SSSR count). The summed E-state index contributed by atoms with van der Waals surface area (Å²) in [4.78, 5) is -0.420. The van der Waals surface area contributed by atoms with Gasteiger partial charge in [-0.05, 0) is 24.1 Å². The largest absolute Gasteiger partial charge is 0.391 e. The van der Waals surface area contributed by atoms with Gasteiger partial charge in [-0.3, -0.25) is 0 Å². The molecule has 2 aromatic carbocycles. The van der Waals surface area contributed by atoms with Crippen molar-refractivity contribution < 1.29 is 17.9 Å². The standard InChI is InChI=1S/C15H16FNO3S/c16-14-8-4-5-9-15(14)21(19,20)17-11-13(18)10-12-6-2-1-3-7-12/h1-9,13,17-18H,10-11H2/t13-/m0/s1. The van der Waals surface area contributed by atoms with E-state index in [-0.39, 0.29) is 6.54 Å². The average molecular weight is 309 g/mol. The fourth-order valence-electron chi connectivity index (χ4n) is 1.90. The topological polar surface area (TPSA) is 66.4 Å². The number of hydrogen-bond donors (Lipinski definition) is 2. The van der Waals surface area contributed by atoms with Gasteiger partial charge in [-0.1, -0.05) is 42.5 Å². The zero-order chi connectivity index (χ0) is 15.3. The molecule has 0 spiro atoms. The van der Waals surface area contributed by atoms with Crippen molar-refractivity contribution >= 4 is 10.0 Å². The zero-order valence-corrected chi connectivity index (χ0v) is 12.1. The molecule has 6 heteroatoms. The van der Waals surface area contributed by atoms with Gasteiger partial charge < -0.3 is 5.11 Å². The first-order valence-corrected chi connectivity index (χ1v) is 7.93. The molecule has 0 fully saturated rings. The molecule has 0 bridgehead atoms. The van der Waals surface area contributed by atoms with Crippen molar-refractivity contribution in [2.75, 3.05) is 6.54 Å². The molecular formula is C15H16FNO3S. The van der Waals surface area contributed by atoms with E-state index >= 15 is 0 Å². The predicted octanol–water partition coefficient (Wildman–Crippen LogP) is 1.71. The Kier molecular flexibility index (Phi) is 5.06. The number of rotatable bonds is 6. The quantitative estimate of drug-likeness (QED) is 0.853. The molecule has 0 aliphatic heterocycles. The van der Waals surface area contributed by atoms with Crippen molar-refractivity contribution in [2.24, 2.45) is 0 Å². The van der Waals surface area contributed by atoms with E-state index in [2.05, 4.69) is 4.72 Å². The van der Waals surface area contributed by atoms with Crippen LogP contribution in [0, 0.1) is 5.82 Å². The van der Waals surface area contributed by atoms with E-state index in [4.69, 9.17) is 0 Å². The molecule has 112 valence electrons. The van der Waals surface area contributed by atoms with Crippen LogP contribution in [-0.2, 0) is 16.4 Å². The Morgan fingerprint density at radius 1 is 1.05 bits per heavy atom. The lowest BCUT2D eigenvalue weighted by Gasteiger charge is -2.12. The molecule has 2 N–H and O–H groups in total. The second kappa shape index (κ2) is 6.80. The Bertz CT molecular complexity index is 689. The van der Waals surface area contributed by atoms with Crippen LogP contribution in [0.1, 0.15) is 5.56 Å². The van der Waals surface area contributed by atoms with Crippen molar-refractivity contribution in [1.82, 2.24) is 4.72 Å². The molecule has 0 saturated carbocycles. The minimum Gasteiger partial charge on any atom is -0.391 e. The normalized spacial score (nSPS) is 13.0. The Morgan fingerprint density at radius 2 is 1.67 bits per heavy atom. The smallest absolute Gasteiger partial charge is 0.243 e. The number of nitrogens with one attached hydrogen (secondary N) is 1. The lowest BCUT2D eigenvalue weighted by atomic mass is 10.1. The third-order valence-corrected chi connectivity index (χ3v) is 4.41. The summed E-state index contributed by atoms with van der Waals surface area (Å²) < 4.78 is 39.6. The van der Waals surface area contributed by atoms with Crippen LogP contribution in [0.2, 0.25) is 0 Å². The van der Waals surface area contributed by atoms with E-state index in [1.807, 2.05) is 30.3 Å². The highest BCUT2D eigenvalue weighted by Crippen LogP contribution is 2.13. The lowest BCUT2D eigenvalue weighted by Crippen LogP contribution is -2.33. The van der Waals surface area contributed by atoms with Crippen molar-refractivity contribution in [3.8, 4) is 0 Å². The maximum Gasteiger partial charge on any atom is 0.243 e. The molecule has 0 heterocycles. The molecule has 0 aliphatic rings. The van der Waals surface area contributed by atoms with E-state index in [9.17, 15) is 17.9 Å². The van der Waals surface area contributed by atoms with Crippen LogP contribution >= 0.6 is 0 Å². The number of aliphatic hydroxyl groups is 1. The Balaban J connectivity index is 1.97. The van der Waals surface area contributed by atoms with Crippen molar-refractivity contribution in [1.29, 1.82) is 0 Å². The SMILES string of the molecule is O=S(=O)(NC[C@@H](O)Cc1ccccc1)c1ccccc1F.